The molecule has 0 aliphatic rings. The van der Waals surface area contributed by atoms with Crippen LogP contribution in [0, 0.1) is 6.92 Å². The molecular formula is C12H16ClNO2. The fourth-order valence-corrected chi connectivity index (χ4v) is 1.42. The summed E-state index contributed by atoms with van der Waals surface area (Å²) in [6, 6.07) is 7.79. The van der Waals surface area contributed by atoms with Gasteiger partial charge in [-0.1, -0.05) is 18.2 Å². The van der Waals surface area contributed by atoms with E-state index in [-0.39, 0.29) is 5.91 Å². The minimum Gasteiger partial charge on any atom is -0.491 e. The lowest BCUT2D eigenvalue weighted by molar-refractivity contribution is -0.120. The van der Waals surface area contributed by atoms with Crippen LogP contribution in [0.5, 0.6) is 5.75 Å². The van der Waals surface area contributed by atoms with E-state index in [9.17, 15) is 4.79 Å². The van der Waals surface area contributed by atoms with Crippen molar-refractivity contribution in [1.82, 2.24) is 5.32 Å². The molecular weight excluding hydrogens is 226 g/mol. The first-order valence-electron chi connectivity index (χ1n) is 5.25. The summed E-state index contributed by atoms with van der Waals surface area (Å²) in [5.41, 5.74) is 1.09. The van der Waals surface area contributed by atoms with Crippen molar-refractivity contribution in [2.24, 2.45) is 0 Å². The molecule has 0 spiro atoms. The van der Waals surface area contributed by atoms with E-state index in [0.717, 1.165) is 11.3 Å². The number of halogens is 1. The minimum atomic E-state index is -0.0385. The third-order valence-corrected chi connectivity index (χ3v) is 2.29. The van der Waals surface area contributed by atoms with Crippen molar-refractivity contribution in [2.75, 3.05) is 19.0 Å². The molecule has 1 rings (SSSR count). The van der Waals surface area contributed by atoms with Gasteiger partial charge in [-0.3, -0.25) is 4.79 Å². The Morgan fingerprint density at radius 2 is 2.19 bits per heavy atom. The molecule has 0 saturated heterocycles. The third kappa shape index (κ3) is 4.53. The van der Waals surface area contributed by atoms with Gasteiger partial charge in [0.1, 0.15) is 12.4 Å². The molecule has 1 aromatic carbocycles. The lowest BCUT2D eigenvalue weighted by atomic mass is 10.2. The monoisotopic (exact) mass is 241 g/mol. The number of carbonyl (C=O) groups excluding carboxylic acids is 1. The normalized spacial score (nSPS) is 9.88. The summed E-state index contributed by atoms with van der Waals surface area (Å²) in [5, 5.41) is 2.72. The first-order valence-corrected chi connectivity index (χ1v) is 5.78. The fraction of sp³-hybridized carbons (Fsp3) is 0.417. The molecule has 0 aliphatic carbocycles. The van der Waals surface area contributed by atoms with Gasteiger partial charge in [-0.25, -0.2) is 0 Å². The smallest absolute Gasteiger partial charge is 0.221 e. The molecule has 0 atom stereocenters. The molecule has 0 radical (unpaired) electrons. The van der Waals surface area contributed by atoms with Crippen molar-refractivity contribution in [3.8, 4) is 5.75 Å². The Balaban J connectivity index is 2.21. The number of para-hydroxylation sites is 1. The molecule has 16 heavy (non-hydrogen) atoms. The van der Waals surface area contributed by atoms with Crippen LogP contribution in [0.2, 0.25) is 0 Å². The number of carbonyl (C=O) groups is 1. The summed E-state index contributed by atoms with van der Waals surface area (Å²) in [6.45, 7) is 2.96. The van der Waals surface area contributed by atoms with Crippen molar-refractivity contribution in [3.63, 3.8) is 0 Å². The second-order valence-corrected chi connectivity index (χ2v) is 3.78. The van der Waals surface area contributed by atoms with E-state index in [2.05, 4.69) is 5.32 Å². The fourth-order valence-electron chi connectivity index (χ4n) is 1.24. The van der Waals surface area contributed by atoms with E-state index < -0.39 is 0 Å². The Morgan fingerprint density at radius 1 is 1.44 bits per heavy atom. The number of aryl methyl sites for hydroxylation is 1. The molecule has 4 heteroatoms. The number of ether oxygens (including phenoxy) is 1. The van der Waals surface area contributed by atoms with Crippen LogP contribution in [0.15, 0.2) is 24.3 Å². The zero-order chi connectivity index (χ0) is 11.8. The van der Waals surface area contributed by atoms with Crippen LogP contribution in [-0.4, -0.2) is 24.9 Å². The average Bonchev–Trinajstić information content (AvgIpc) is 2.27. The maximum atomic E-state index is 11.1. The summed E-state index contributed by atoms with van der Waals surface area (Å²) < 4.78 is 5.52. The van der Waals surface area contributed by atoms with Crippen LogP contribution in [-0.2, 0) is 4.79 Å². The predicted molar refractivity (Wildman–Crippen MR) is 65.0 cm³/mol. The summed E-state index contributed by atoms with van der Waals surface area (Å²) in [5.74, 6) is 1.17. The number of alkyl halides is 1. The number of benzene rings is 1. The van der Waals surface area contributed by atoms with Crippen LogP contribution in [0.3, 0.4) is 0 Å². The van der Waals surface area contributed by atoms with Crippen molar-refractivity contribution in [3.05, 3.63) is 29.8 Å². The summed E-state index contributed by atoms with van der Waals surface area (Å²) in [7, 11) is 0. The summed E-state index contributed by atoms with van der Waals surface area (Å²) >= 11 is 5.43. The highest BCUT2D eigenvalue weighted by molar-refractivity contribution is 6.18. The molecule has 0 saturated carbocycles. The first-order chi connectivity index (χ1) is 7.74. The number of rotatable bonds is 6. The Labute approximate surface area is 101 Å². The maximum absolute atomic E-state index is 11.1. The quantitative estimate of drug-likeness (QED) is 0.612. The largest absolute Gasteiger partial charge is 0.491 e. The lowest BCUT2D eigenvalue weighted by Crippen LogP contribution is -2.28. The number of hydrogen-bond donors (Lipinski definition) is 1. The van der Waals surface area contributed by atoms with Gasteiger partial charge in [0.05, 0.1) is 6.54 Å². The van der Waals surface area contributed by atoms with E-state index in [4.69, 9.17) is 16.3 Å². The molecule has 0 unspecified atom stereocenters. The van der Waals surface area contributed by atoms with E-state index in [1.54, 1.807) is 0 Å². The third-order valence-electron chi connectivity index (χ3n) is 2.10. The van der Waals surface area contributed by atoms with E-state index in [1.165, 1.54) is 0 Å². The molecule has 0 fully saturated rings. The summed E-state index contributed by atoms with van der Waals surface area (Å²) in [6.07, 6.45) is 0.353. The van der Waals surface area contributed by atoms with Gasteiger partial charge in [-0.05, 0) is 18.6 Å². The highest BCUT2D eigenvalue weighted by Crippen LogP contribution is 2.15. The van der Waals surface area contributed by atoms with Crippen molar-refractivity contribution < 1.29 is 9.53 Å². The molecule has 1 amide bonds. The van der Waals surface area contributed by atoms with Crippen LogP contribution >= 0.6 is 11.6 Å². The second-order valence-electron chi connectivity index (χ2n) is 3.40. The maximum Gasteiger partial charge on any atom is 0.221 e. The molecule has 0 aromatic heterocycles. The van der Waals surface area contributed by atoms with Crippen LogP contribution in [0.4, 0.5) is 0 Å². The van der Waals surface area contributed by atoms with Gasteiger partial charge in [0.25, 0.3) is 0 Å². The molecule has 1 aromatic rings. The summed E-state index contributed by atoms with van der Waals surface area (Å²) in [4.78, 5) is 11.1. The molecule has 1 N–H and O–H groups in total. The lowest BCUT2D eigenvalue weighted by Gasteiger charge is -2.09. The standard InChI is InChI=1S/C12H16ClNO2/c1-10-4-2-3-5-11(10)16-9-8-14-12(15)6-7-13/h2-5H,6-9H2,1H3,(H,14,15). The molecule has 0 bridgehead atoms. The number of amides is 1. The second kappa shape index (κ2) is 7.12. The van der Waals surface area contributed by atoms with Gasteiger partial charge in [0, 0.05) is 12.3 Å². The van der Waals surface area contributed by atoms with Gasteiger partial charge in [0.2, 0.25) is 5.91 Å². The Kier molecular flexibility index (Phi) is 5.72. The van der Waals surface area contributed by atoms with Gasteiger partial charge in [-0.15, -0.1) is 11.6 Å². The van der Waals surface area contributed by atoms with Crippen LogP contribution in [0.1, 0.15) is 12.0 Å². The highest BCUT2D eigenvalue weighted by Gasteiger charge is 2.00. The minimum absolute atomic E-state index is 0.0385. The molecule has 3 nitrogen and oxygen atoms in total. The van der Waals surface area contributed by atoms with Gasteiger partial charge >= 0.3 is 0 Å². The van der Waals surface area contributed by atoms with Crippen LogP contribution in [0.25, 0.3) is 0 Å². The Bertz CT molecular complexity index is 342. The molecule has 0 aliphatic heterocycles. The number of nitrogens with one attached hydrogen (secondary N) is 1. The van der Waals surface area contributed by atoms with Crippen molar-refractivity contribution >= 4 is 17.5 Å². The molecule has 88 valence electrons. The Morgan fingerprint density at radius 3 is 2.88 bits per heavy atom. The topological polar surface area (TPSA) is 38.3 Å². The molecule has 0 heterocycles. The van der Waals surface area contributed by atoms with E-state index >= 15 is 0 Å². The zero-order valence-electron chi connectivity index (χ0n) is 9.33. The first kappa shape index (κ1) is 12.8. The predicted octanol–water partition coefficient (Wildman–Crippen LogP) is 2.12. The van der Waals surface area contributed by atoms with Gasteiger partial charge in [0.15, 0.2) is 0 Å². The van der Waals surface area contributed by atoms with Crippen molar-refractivity contribution in [1.29, 1.82) is 0 Å². The number of hydrogen-bond acceptors (Lipinski definition) is 2. The van der Waals surface area contributed by atoms with Crippen LogP contribution < -0.4 is 10.1 Å². The van der Waals surface area contributed by atoms with E-state index in [1.807, 2.05) is 31.2 Å². The van der Waals surface area contributed by atoms with Crippen molar-refractivity contribution in [2.45, 2.75) is 13.3 Å². The van der Waals surface area contributed by atoms with Gasteiger partial charge < -0.3 is 10.1 Å². The SMILES string of the molecule is Cc1ccccc1OCCNC(=O)CCCl. The zero-order valence-corrected chi connectivity index (χ0v) is 10.1. The average molecular weight is 242 g/mol. The Hall–Kier alpha value is -1.22. The van der Waals surface area contributed by atoms with Gasteiger partial charge in [-0.2, -0.15) is 0 Å². The highest BCUT2D eigenvalue weighted by atomic mass is 35.5. The van der Waals surface area contributed by atoms with E-state index in [0.29, 0.717) is 25.5 Å².